The summed E-state index contributed by atoms with van der Waals surface area (Å²) in [6.45, 7) is 5.34. The molecule has 3 N–H and O–H groups in total. The molecule has 0 bridgehead atoms. The van der Waals surface area contributed by atoms with Gasteiger partial charge in [0, 0.05) is 42.3 Å². The number of pyridine rings is 1. The molecule has 1 aliphatic heterocycles. The molecule has 0 aliphatic carbocycles. The Hall–Kier alpha value is -5.25. The van der Waals surface area contributed by atoms with E-state index in [1.807, 2.05) is 55.5 Å². The first-order chi connectivity index (χ1) is 21.4. The van der Waals surface area contributed by atoms with Crippen LogP contribution in [0.5, 0.6) is 11.6 Å². The number of hydrogen-bond acceptors (Lipinski definition) is 8. The van der Waals surface area contributed by atoms with Crippen molar-refractivity contribution in [2.75, 3.05) is 24.1 Å². The molecule has 2 atom stereocenters. The lowest BCUT2D eigenvalue weighted by Gasteiger charge is -2.36. The molecule has 2 aromatic heterocycles. The highest BCUT2D eigenvalue weighted by atomic mass is 19.1. The van der Waals surface area contributed by atoms with Crippen LogP contribution in [0, 0.1) is 18.7 Å². The Morgan fingerprint density at radius 1 is 1.00 bits per heavy atom. The fourth-order valence-electron chi connectivity index (χ4n) is 5.56. The molecule has 0 spiro atoms. The smallest absolute Gasteiger partial charge is 0.410 e. The molecule has 44 heavy (non-hydrogen) atoms. The van der Waals surface area contributed by atoms with Crippen molar-refractivity contribution in [3.63, 3.8) is 0 Å². The number of benzene rings is 3. The number of piperidine rings is 1. The van der Waals surface area contributed by atoms with Crippen LogP contribution in [0.3, 0.4) is 0 Å². The van der Waals surface area contributed by atoms with Gasteiger partial charge < -0.3 is 25.4 Å². The van der Waals surface area contributed by atoms with Crippen molar-refractivity contribution in [2.45, 2.75) is 32.9 Å². The van der Waals surface area contributed by atoms with E-state index in [-0.39, 0.29) is 30.3 Å². The second-order valence-corrected chi connectivity index (χ2v) is 11.1. The first-order valence-corrected chi connectivity index (χ1v) is 14.5. The zero-order chi connectivity index (χ0) is 30.6. The number of fused-ring (bicyclic) bond motifs is 1. The summed E-state index contributed by atoms with van der Waals surface area (Å²) in [5.74, 6) is 1.09. The number of carbonyl (C=O) groups excluding carboxylic acids is 1. The molecule has 9 nitrogen and oxygen atoms in total. The number of nitrogens with zero attached hydrogens (tertiary/aromatic N) is 4. The summed E-state index contributed by atoms with van der Waals surface area (Å²) in [6.07, 6.45) is 3.82. The van der Waals surface area contributed by atoms with E-state index in [1.54, 1.807) is 35.5 Å². The molecule has 5 aromatic rings. The van der Waals surface area contributed by atoms with Crippen LogP contribution in [0.1, 0.15) is 24.5 Å². The molecular formula is C34H33FN6O3. The topological polar surface area (TPSA) is 115 Å². The van der Waals surface area contributed by atoms with E-state index in [2.05, 4.69) is 22.2 Å². The van der Waals surface area contributed by atoms with E-state index in [9.17, 15) is 9.18 Å². The van der Waals surface area contributed by atoms with E-state index in [1.165, 1.54) is 6.07 Å². The SMILES string of the molecule is Cc1ccc2c(N)c(F)ccc2c1Oc1ncccc1-c1ccnc(N[C@H]2C[C@@H](C)CN(C(=O)OCc3ccccc3)C2)n1. The number of ether oxygens (including phenoxy) is 2. The maximum Gasteiger partial charge on any atom is 0.410 e. The summed E-state index contributed by atoms with van der Waals surface area (Å²) in [5.41, 5.74) is 9.15. The normalized spacial score (nSPS) is 16.5. The van der Waals surface area contributed by atoms with Gasteiger partial charge in [-0.25, -0.2) is 24.1 Å². The van der Waals surface area contributed by atoms with Gasteiger partial charge in [-0.05, 0) is 60.7 Å². The van der Waals surface area contributed by atoms with Crippen molar-refractivity contribution in [1.29, 1.82) is 0 Å². The standard InChI is InChI=1S/C34H33FN6O3/c1-21-17-24(19-41(18-21)34(42)43-20-23-7-4-3-5-8-23)39-33-38-16-14-29(40-33)27-9-6-15-37-32(27)44-31-22(2)10-11-25-26(31)12-13-28(35)30(25)36/h3-16,21,24H,17-20,36H2,1-2H3,(H,38,39,40)/t21-,24+/m1/s1. The number of rotatable bonds is 7. The number of nitrogen functional groups attached to an aromatic ring is 1. The van der Waals surface area contributed by atoms with Crippen LogP contribution < -0.4 is 15.8 Å². The van der Waals surface area contributed by atoms with Gasteiger partial charge in [-0.15, -0.1) is 0 Å². The predicted molar refractivity (Wildman–Crippen MR) is 168 cm³/mol. The van der Waals surface area contributed by atoms with E-state index in [0.717, 1.165) is 17.5 Å². The van der Waals surface area contributed by atoms with Gasteiger partial charge in [-0.1, -0.05) is 49.4 Å². The summed E-state index contributed by atoms with van der Waals surface area (Å²) in [7, 11) is 0. The average molecular weight is 593 g/mol. The Morgan fingerprint density at radius 2 is 1.82 bits per heavy atom. The maximum absolute atomic E-state index is 14.2. The van der Waals surface area contributed by atoms with Gasteiger partial charge in [0.15, 0.2) is 0 Å². The maximum atomic E-state index is 14.2. The minimum atomic E-state index is -0.480. The Balaban J connectivity index is 1.20. The van der Waals surface area contributed by atoms with Gasteiger partial charge in [0.05, 0.1) is 16.9 Å². The molecular weight excluding hydrogens is 559 g/mol. The lowest BCUT2D eigenvalue weighted by molar-refractivity contribution is 0.0783. The van der Waals surface area contributed by atoms with Crippen LogP contribution in [0.15, 0.2) is 85.2 Å². The van der Waals surface area contributed by atoms with E-state index >= 15 is 0 Å². The van der Waals surface area contributed by atoms with Crippen molar-refractivity contribution in [2.24, 2.45) is 5.92 Å². The van der Waals surface area contributed by atoms with Crippen molar-refractivity contribution >= 4 is 28.5 Å². The molecule has 6 rings (SSSR count). The number of aromatic nitrogens is 3. The average Bonchev–Trinajstić information content (AvgIpc) is 3.03. The number of amides is 1. The van der Waals surface area contributed by atoms with Gasteiger partial charge in [0.2, 0.25) is 11.8 Å². The third-order valence-electron chi connectivity index (χ3n) is 7.69. The number of halogens is 1. The molecule has 224 valence electrons. The van der Waals surface area contributed by atoms with Crippen LogP contribution in [0.2, 0.25) is 0 Å². The Bertz CT molecular complexity index is 1800. The van der Waals surface area contributed by atoms with Crippen molar-refractivity contribution in [3.8, 4) is 22.9 Å². The van der Waals surface area contributed by atoms with Crippen molar-refractivity contribution in [3.05, 3.63) is 102 Å². The zero-order valence-corrected chi connectivity index (χ0v) is 24.5. The lowest BCUT2D eigenvalue weighted by atomic mass is 9.96. The number of likely N-dealkylation sites (tertiary alicyclic amines) is 1. The van der Waals surface area contributed by atoms with E-state index in [4.69, 9.17) is 20.2 Å². The lowest BCUT2D eigenvalue weighted by Crippen LogP contribution is -2.48. The molecule has 1 saturated heterocycles. The Morgan fingerprint density at radius 3 is 2.66 bits per heavy atom. The number of carbonyl (C=O) groups is 1. The largest absolute Gasteiger partial charge is 0.445 e. The van der Waals surface area contributed by atoms with Gasteiger partial charge >= 0.3 is 6.09 Å². The summed E-state index contributed by atoms with van der Waals surface area (Å²) in [5, 5.41) is 4.66. The zero-order valence-electron chi connectivity index (χ0n) is 24.5. The summed E-state index contributed by atoms with van der Waals surface area (Å²) >= 11 is 0. The number of hydrogen-bond donors (Lipinski definition) is 2. The summed E-state index contributed by atoms with van der Waals surface area (Å²) < 4.78 is 26.1. The first-order valence-electron chi connectivity index (χ1n) is 14.5. The molecule has 1 fully saturated rings. The van der Waals surface area contributed by atoms with Gasteiger partial charge in [-0.2, -0.15) is 0 Å². The fourth-order valence-corrected chi connectivity index (χ4v) is 5.56. The third-order valence-corrected chi connectivity index (χ3v) is 7.69. The predicted octanol–water partition coefficient (Wildman–Crippen LogP) is 6.97. The highest BCUT2D eigenvalue weighted by molar-refractivity contribution is 5.98. The second kappa shape index (κ2) is 12.5. The van der Waals surface area contributed by atoms with Crippen LogP contribution in [0.25, 0.3) is 22.0 Å². The third kappa shape index (κ3) is 6.24. The number of nitrogens with one attached hydrogen (secondary N) is 1. The Kier molecular flexibility index (Phi) is 8.23. The monoisotopic (exact) mass is 592 g/mol. The minimum absolute atomic E-state index is 0.0629. The molecule has 1 aliphatic rings. The van der Waals surface area contributed by atoms with Crippen LogP contribution in [-0.2, 0) is 11.3 Å². The van der Waals surface area contributed by atoms with Gasteiger partial charge in [0.25, 0.3) is 0 Å². The molecule has 3 aromatic carbocycles. The first kappa shape index (κ1) is 28.9. The molecule has 0 saturated carbocycles. The molecule has 0 radical (unpaired) electrons. The fraction of sp³-hybridized carbons (Fsp3) is 0.235. The second-order valence-electron chi connectivity index (χ2n) is 11.1. The molecule has 1 amide bonds. The van der Waals surface area contributed by atoms with Crippen LogP contribution in [0.4, 0.5) is 20.8 Å². The quantitative estimate of drug-likeness (QED) is 0.195. The van der Waals surface area contributed by atoms with E-state index < -0.39 is 5.82 Å². The van der Waals surface area contributed by atoms with Gasteiger partial charge in [-0.3, -0.25) is 0 Å². The van der Waals surface area contributed by atoms with Crippen LogP contribution >= 0.6 is 0 Å². The molecule has 0 unspecified atom stereocenters. The molecule has 3 heterocycles. The molecule has 10 heteroatoms. The Labute approximate surface area is 254 Å². The number of anilines is 2. The van der Waals surface area contributed by atoms with Gasteiger partial charge in [0.1, 0.15) is 18.2 Å². The van der Waals surface area contributed by atoms with Crippen molar-refractivity contribution in [1.82, 2.24) is 19.9 Å². The summed E-state index contributed by atoms with van der Waals surface area (Å²) in [6, 6.07) is 21.7. The summed E-state index contributed by atoms with van der Waals surface area (Å²) in [4.78, 5) is 28.3. The minimum Gasteiger partial charge on any atom is -0.445 e. The highest BCUT2D eigenvalue weighted by Crippen LogP contribution is 2.38. The number of nitrogens with two attached hydrogens (primary N) is 1. The van der Waals surface area contributed by atoms with Crippen molar-refractivity contribution < 1.29 is 18.7 Å². The number of aryl methyl sites for hydroxylation is 1. The van der Waals surface area contributed by atoms with Crippen LogP contribution in [-0.4, -0.2) is 45.1 Å². The van der Waals surface area contributed by atoms with E-state index in [0.29, 0.717) is 52.7 Å². The highest BCUT2D eigenvalue weighted by Gasteiger charge is 2.29.